The molecule has 0 bridgehead atoms. The first-order chi connectivity index (χ1) is 17.6. The van der Waals surface area contributed by atoms with E-state index in [1.807, 2.05) is 24.3 Å². The number of benzene rings is 2. The standard InChI is InChI=1S/C31H38N2O3/c34-29(9-7-19-32-15-3-1-4-16-32)23-11-13-25-26-14-12-24(22-28(26)31(36)27(25)21-23)30(35)10-8-20-33-17-5-2-6-18-33/h11-14,21-22H,1-10,15-20H2. The second-order valence-electron chi connectivity index (χ2n) is 10.7. The molecule has 5 heteroatoms. The first-order valence-corrected chi connectivity index (χ1v) is 13.9. The molecule has 0 atom stereocenters. The van der Waals surface area contributed by atoms with Gasteiger partial charge in [-0.05, 0) is 101 Å². The van der Waals surface area contributed by atoms with Gasteiger partial charge in [-0.2, -0.15) is 0 Å². The van der Waals surface area contributed by atoms with Crippen molar-refractivity contribution in [1.82, 2.24) is 9.80 Å². The molecular formula is C31H38N2O3. The van der Waals surface area contributed by atoms with E-state index in [4.69, 9.17) is 0 Å². The molecule has 2 saturated heterocycles. The number of ketones is 3. The van der Waals surface area contributed by atoms with Gasteiger partial charge in [-0.15, -0.1) is 0 Å². The van der Waals surface area contributed by atoms with Crippen molar-refractivity contribution in [3.63, 3.8) is 0 Å². The zero-order chi connectivity index (χ0) is 24.9. The summed E-state index contributed by atoms with van der Waals surface area (Å²) < 4.78 is 0. The molecule has 0 amide bonds. The summed E-state index contributed by atoms with van der Waals surface area (Å²) in [6, 6.07) is 11.0. The summed E-state index contributed by atoms with van der Waals surface area (Å²) >= 11 is 0. The van der Waals surface area contributed by atoms with E-state index in [1.54, 1.807) is 12.1 Å². The first-order valence-electron chi connectivity index (χ1n) is 13.9. The summed E-state index contributed by atoms with van der Waals surface area (Å²) in [7, 11) is 0. The first kappa shape index (κ1) is 25.0. The average Bonchev–Trinajstić information content (AvgIpc) is 3.20. The largest absolute Gasteiger partial charge is 0.303 e. The monoisotopic (exact) mass is 486 g/mol. The van der Waals surface area contributed by atoms with Crippen LogP contribution in [-0.4, -0.2) is 66.4 Å². The Labute approximate surface area is 214 Å². The molecule has 2 aromatic rings. The van der Waals surface area contributed by atoms with Crippen LogP contribution >= 0.6 is 0 Å². The summed E-state index contributed by atoms with van der Waals surface area (Å²) in [6.07, 6.45) is 10.4. The minimum Gasteiger partial charge on any atom is -0.303 e. The topological polar surface area (TPSA) is 57.7 Å². The van der Waals surface area contributed by atoms with Crippen LogP contribution in [0, 0.1) is 0 Å². The molecule has 5 rings (SSSR count). The normalized spacial score (nSPS) is 18.2. The van der Waals surface area contributed by atoms with Crippen molar-refractivity contribution in [2.24, 2.45) is 0 Å². The second-order valence-corrected chi connectivity index (χ2v) is 10.7. The molecule has 0 saturated carbocycles. The molecule has 0 spiro atoms. The van der Waals surface area contributed by atoms with E-state index in [0.717, 1.165) is 63.2 Å². The molecule has 2 fully saturated rings. The van der Waals surface area contributed by atoms with Crippen LogP contribution in [0.4, 0.5) is 0 Å². The minimum absolute atomic E-state index is 0.0778. The third kappa shape index (κ3) is 5.68. The van der Waals surface area contributed by atoms with Gasteiger partial charge in [-0.3, -0.25) is 14.4 Å². The SMILES string of the molecule is O=C(CCCN1CCCCC1)c1ccc2c(c1)C(=O)c1cc(C(=O)CCCN3CCCCC3)ccc1-2. The molecular weight excluding hydrogens is 448 g/mol. The van der Waals surface area contributed by atoms with Crippen LogP contribution in [0.15, 0.2) is 36.4 Å². The Bertz CT molecular complexity index is 1040. The highest BCUT2D eigenvalue weighted by atomic mass is 16.1. The quantitative estimate of drug-likeness (QED) is 0.339. The summed E-state index contributed by atoms with van der Waals surface area (Å²) in [5.74, 6) is 0.122. The maximum atomic E-state index is 13.2. The molecule has 0 N–H and O–H groups in total. The Morgan fingerprint density at radius 2 is 1.00 bits per heavy atom. The van der Waals surface area contributed by atoms with Gasteiger partial charge >= 0.3 is 0 Å². The molecule has 2 heterocycles. The van der Waals surface area contributed by atoms with Crippen molar-refractivity contribution < 1.29 is 14.4 Å². The number of hydrogen-bond donors (Lipinski definition) is 0. The van der Waals surface area contributed by atoms with Crippen molar-refractivity contribution in [1.29, 1.82) is 0 Å². The third-order valence-corrected chi connectivity index (χ3v) is 8.12. The molecule has 3 aliphatic rings. The summed E-state index contributed by atoms with van der Waals surface area (Å²) in [5, 5.41) is 0. The molecule has 2 aliphatic heterocycles. The van der Waals surface area contributed by atoms with Gasteiger partial charge in [-0.1, -0.05) is 37.1 Å². The van der Waals surface area contributed by atoms with Gasteiger partial charge < -0.3 is 9.80 Å². The van der Waals surface area contributed by atoms with Gasteiger partial charge in [0.15, 0.2) is 17.3 Å². The van der Waals surface area contributed by atoms with Gasteiger partial charge in [0.1, 0.15) is 0 Å². The molecule has 0 radical (unpaired) electrons. The van der Waals surface area contributed by atoms with E-state index < -0.39 is 0 Å². The molecule has 36 heavy (non-hydrogen) atoms. The average molecular weight is 487 g/mol. The van der Waals surface area contributed by atoms with Gasteiger partial charge in [0, 0.05) is 35.1 Å². The lowest BCUT2D eigenvalue weighted by atomic mass is 9.98. The third-order valence-electron chi connectivity index (χ3n) is 8.12. The number of fused-ring (bicyclic) bond motifs is 3. The van der Waals surface area contributed by atoms with E-state index in [9.17, 15) is 14.4 Å². The number of nitrogens with zero attached hydrogens (tertiary/aromatic N) is 2. The smallest absolute Gasteiger partial charge is 0.194 e. The number of Topliss-reactive ketones (excluding diaryl/α,β-unsaturated/α-hetero) is 2. The van der Waals surface area contributed by atoms with Crippen LogP contribution in [0.2, 0.25) is 0 Å². The highest BCUT2D eigenvalue weighted by Crippen LogP contribution is 2.38. The Kier molecular flexibility index (Phi) is 8.08. The van der Waals surface area contributed by atoms with E-state index >= 15 is 0 Å². The van der Waals surface area contributed by atoms with Crippen molar-refractivity contribution in [2.45, 2.75) is 64.2 Å². The molecule has 0 aromatic heterocycles. The van der Waals surface area contributed by atoms with Crippen LogP contribution < -0.4 is 0 Å². The minimum atomic E-state index is -0.0778. The van der Waals surface area contributed by atoms with Crippen LogP contribution in [-0.2, 0) is 0 Å². The van der Waals surface area contributed by atoms with Gasteiger partial charge in [0.05, 0.1) is 0 Å². The number of piperidine rings is 2. The molecule has 0 unspecified atom stereocenters. The van der Waals surface area contributed by atoms with E-state index in [2.05, 4.69) is 9.80 Å². The molecule has 190 valence electrons. The molecule has 1 aliphatic carbocycles. The summed E-state index contributed by atoms with van der Waals surface area (Å²) in [5.41, 5.74) is 4.13. The lowest BCUT2D eigenvalue weighted by molar-refractivity contribution is 0.0965. The zero-order valence-corrected chi connectivity index (χ0v) is 21.4. The Hall–Kier alpha value is -2.63. The second kappa shape index (κ2) is 11.6. The predicted molar refractivity (Wildman–Crippen MR) is 143 cm³/mol. The lowest BCUT2D eigenvalue weighted by Gasteiger charge is -2.26. The number of hydrogen-bond acceptors (Lipinski definition) is 5. The summed E-state index contributed by atoms with van der Waals surface area (Å²) in [4.78, 5) is 43.8. The lowest BCUT2D eigenvalue weighted by Crippen LogP contribution is -2.30. The fourth-order valence-electron chi connectivity index (χ4n) is 6.01. The van der Waals surface area contributed by atoms with Crippen LogP contribution in [0.3, 0.4) is 0 Å². The van der Waals surface area contributed by atoms with Gasteiger partial charge in [0.2, 0.25) is 0 Å². The van der Waals surface area contributed by atoms with Crippen LogP contribution in [0.1, 0.15) is 101 Å². The van der Waals surface area contributed by atoms with Crippen molar-refractivity contribution in [3.05, 3.63) is 58.7 Å². The molecule has 2 aromatic carbocycles. The van der Waals surface area contributed by atoms with E-state index in [-0.39, 0.29) is 17.3 Å². The fourth-order valence-corrected chi connectivity index (χ4v) is 6.01. The van der Waals surface area contributed by atoms with Crippen molar-refractivity contribution >= 4 is 17.3 Å². The van der Waals surface area contributed by atoms with Crippen LogP contribution in [0.5, 0.6) is 0 Å². The number of rotatable bonds is 10. The van der Waals surface area contributed by atoms with E-state index in [0.29, 0.717) is 35.1 Å². The Balaban J connectivity index is 1.19. The van der Waals surface area contributed by atoms with Crippen molar-refractivity contribution in [2.75, 3.05) is 39.3 Å². The number of carbonyl (C=O) groups is 3. The Morgan fingerprint density at radius 1 is 0.583 bits per heavy atom. The van der Waals surface area contributed by atoms with Crippen molar-refractivity contribution in [3.8, 4) is 11.1 Å². The summed E-state index contributed by atoms with van der Waals surface area (Å²) in [6.45, 7) is 6.50. The maximum absolute atomic E-state index is 13.2. The number of likely N-dealkylation sites (tertiary alicyclic amines) is 2. The predicted octanol–water partition coefficient (Wildman–Crippen LogP) is 5.80. The van der Waals surface area contributed by atoms with Gasteiger partial charge in [-0.25, -0.2) is 0 Å². The zero-order valence-electron chi connectivity index (χ0n) is 21.4. The highest BCUT2D eigenvalue weighted by Gasteiger charge is 2.28. The molecule has 5 nitrogen and oxygen atoms in total. The maximum Gasteiger partial charge on any atom is 0.194 e. The van der Waals surface area contributed by atoms with E-state index in [1.165, 1.54) is 38.5 Å². The fraction of sp³-hybridized carbons (Fsp3) is 0.516. The van der Waals surface area contributed by atoms with Gasteiger partial charge in [0.25, 0.3) is 0 Å². The number of carbonyl (C=O) groups excluding carboxylic acids is 3. The highest BCUT2D eigenvalue weighted by molar-refractivity contribution is 6.23. The Morgan fingerprint density at radius 3 is 1.42 bits per heavy atom. The van der Waals surface area contributed by atoms with Crippen LogP contribution in [0.25, 0.3) is 11.1 Å².